The fourth-order valence-electron chi connectivity index (χ4n) is 2.28. The Morgan fingerprint density at radius 3 is 2.45 bits per heavy atom. The van der Waals surface area contributed by atoms with Gasteiger partial charge in [-0.3, -0.25) is 4.72 Å². The van der Waals surface area contributed by atoms with Crippen LogP contribution in [-0.2, 0) is 10.0 Å². The van der Waals surface area contributed by atoms with E-state index in [0.717, 1.165) is 18.6 Å². The molecule has 0 radical (unpaired) electrons. The maximum Gasteiger partial charge on any atom is 0.232 e. The van der Waals surface area contributed by atoms with Crippen molar-refractivity contribution >= 4 is 27.3 Å². The lowest BCUT2D eigenvalue weighted by Crippen LogP contribution is -2.17. The molecule has 1 aliphatic carbocycles. The number of anilines is 1. The summed E-state index contributed by atoms with van der Waals surface area (Å²) in [5.74, 6) is 1.17. The van der Waals surface area contributed by atoms with Crippen LogP contribution in [0.3, 0.4) is 0 Å². The molecule has 0 aliphatic heterocycles. The number of nitrogens with one attached hydrogen (secondary N) is 1. The standard InChI is InChI=1S/C14H20ClNO3S/c15-10-3-11-20(17,18)16-12-6-8-14(9-7-12)19-13-4-1-2-5-13/h6-9,13,16H,1-5,10-11H2. The topological polar surface area (TPSA) is 55.4 Å². The molecule has 1 fully saturated rings. The predicted molar refractivity (Wildman–Crippen MR) is 82.1 cm³/mol. The van der Waals surface area contributed by atoms with Crippen LogP contribution in [0.2, 0.25) is 0 Å². The minimum atomic E-state index is -3.31. The van der Waals surface area contributed by atoms with E-state index in [-0.39, 0.29) is 5.75 Å². The molecule has 2 rings (SSSR count). The van der Waals surface area contributed by atoms with Gasteiger partial charge in [0.05, 0.1) is 11.9 Å². The molecule has 1 saturated carbocycles. The van der Waals surface area contributed by atoms with Gasteiger partial charge >= 0.3 is 0 Å². The Morgan fingerprint density at radius 2 is 1.85 bits per heavy atom. The van der Waals surface area contributed by atoms with Crippen molar-refractivity contribution in [2.24, 2.45) is 0 Å². The molecule has 6 heteroatoms. The highest BCUT2D eigenvalue weighted by atomic mass is 35.5. The van der Waals surface area contributed by atoms with E-state index in [1.165, 1.54) is 12.8 Å². The summed E-state index contributed by atoms with van der Waals surface area (Å²) >= 11 is 5.50. The number of hydrogen-bond acceptors (Lipinski definition) is 3. The Hall–Kier alpha value is -0.940. The van der Waals surface area contributed by atoms with E-state index in [1.54, 1.807) is 24.3 Å². The van der Waals surface area contributed by atoms with Gasteiger partial charge in [-0.1, -0.05) is 0 Å². The van der Waals surface area contributed by atoms with Gasteiger partial charge in [0.25, 0.3) is 0 Å². The third kappa shape index (κ3) is 4.87. The third-order valence-corrected chi connectivity index (χ3v) is 4.92. The molecule has 112 valence electrons. The first-order valence-electron chi connectivity index (χ1n) is 6.92. The van der Waals surface area contributed by atoms with Gasteiger partial charge in [-0.15, -0.1) is 11.6 Å². The number of ether oxygens (including phenoxy) is 1. The molecule has 0 spiro atoms. The molecule has 20 heavy (non-hydrogen) atoms. The van der Waals surface area contributed by atoms with Crippen molar-refractivity contribution in [2.45, 2.75) is 38.2 Å². The Morgan fingerprint density at radius 1 is 1.20 bits per heavy atom. The summed E-state index contributed by atoms with van der Waals surface area (Å²) in [5.41, 5.74) is 0.554. The quantitative estimate of drug-likeness (QED) is 0.784. The van der Waals surface area contributed by atoms with Crippen LogP contribution in [-0.4, -0.2) is 26.2 Å². The second-order valence-corrected chi connectivity index (χ2v) is 7.23. The number of sulfonamides is 1. The number of benzene rings is 1. The van der Waals surface area contributed by atoms with Crippen molar-refractivity contribution in [1.29, 1.82) is 0 Å². The van der Waals surface area contributed by atoms with E-state index in [4.69, 9.17) is 16.3 Å². The third-order valence-electron chi connectivity index (χ3n) is 3.28. The summed E-state index contributed by atoms with van der Waals surface area (Å²) in [6, 6.07) is 7.06. The molecule has 1 aromatic carbocycles. The fourth-order valence-corrected chi connectivity index (χ4v) is 3.69. The lowest BCUT2D eigenvalue weighted by molar-refractivity contribution is 0.210. The smallest absolute Gasteiger partial charge is 0.232 e. The summed E-state index contributed by atoms with van der Waals surface area (Å²) in [6.45, 7) is 0. The Balaban J connectivity index is 1.90. The summed E-state index contributed by atoms with van der Waals surface area (Å²) < 4.78 is 31.8. The SMILES string of the molecule is O=S(=O)(CCCCl)Nc1ccc(OC2CCCC2)cc1. The normalized spacial score (nSPS) is 16.2. The van der Waals surface area contributed by atoms with E-state index in [2.05, 4.69) is 4.72 Å². The van der Waals surface area contributed by atoms with Crippen molar-refractivity contribution in [2.75, 3.05) is 16.4 Å². The molecule has 1 aromatic rings. The van der Waals surface area contributed by atoms with Crippen LogP contribution in [0.1, 0.15) is 32.1 Å². The Labute approximate surface area is 125 Å². The van der Waals surface area contributed by atoms with Crippen molar-refractivity contribution in [3.05, 3.63) is 24.3 Å². The molecule has 1 aliphatic rings. The number of hydrogen-bond donors (Lipinski definition) is 1. The molecular formula is C14H20ClNO3S. The van der Waals surface area contributed by atoms with Gasteiger partial charge in [0.1, 0.15) is 5.75 Å². The first kappa shape index (κ1) is 15.4. The maximum absolute atomic E-state index is 11.7. The van der Waals surface area contributed by atoms with Crippen molar-refractivity contribution in [3.63, 3.8) is 0 Å². The van der Waals surface area contributed by atoms with Crippen molar-refractivity contribution in [3.8, 4) is 5.75 Å². The second-order valence-electron chi connectivity index (χ2n) is 5.01. The van der Waals surface area contributed by atoms with Gasteiger partial charge < -0.3 is 4.74 Å². The van der Waals surface area contributed by atoms with Crippen LogP contribution in [0.5, 0.6) is 5.75 Å². The predicted octanol–water partition coefficient (Wildman–Crippen LogP) is 3.38. The largest absolute Gasteiger partial charge is 0.490 e. The zero-order chi connectivity index (χ0) is 14.4. The number of alkyl halides is 1. The van der Waals surface area contributed by atoms with Crippen molar-refractivity contribution in [1.82, 2.24) is 0 Å². The summed E-state index contributed by atoms with van der Waals surface area (Å²) in [4.78, 5) is 0. The molecule has 0 atom stereocenters. The zero-order valence-corrected chi connectivity index (χ0v) is 12.9. The average molecular weight is 318 g/mol. The van der Waals surface area contributed by atoms with Gasteiger partial charge in [0.15, 0.2) is 0 Å². The van der Waals surface area contributed by atoms with Crippen LogP contribution in [0.15, 0.2) is 24.3 Å². The number of rotatable bonds is 7. The highest BCUT2D eigenvalue weighted by Gasteiger charge is 2.16. The van der Waals surface area contributed by atoms with Gasteiger partial charge in [0.2, 0.25) is 10.0 Å². The molecule has 0 unspecified atom stereocenters. The van der Waals surface area contributed by atoms with Gasteiger partial charge in [-0.2, -0.15) is 0 Å². The molecule has 0 aromatic heterocycles. The molecule has 0 amide bonds. The molecule has 0 bridgehead atoms. The van der Waals surface area contributed by atoms with E-state index < -0.39 is 10.0 Å². The minimum Gasteiger partial charge on any atom is -0.490 e. The molecule has 1 N–H and O–H groups in total. The lowest BCUT2D eigenvalue weighted by atomic mass is 10.3. The maximum atomic E-state index is 11.7. The second kappa shape index (κ2) is 7.18. The van der Waals surface area contributed by atoms with Crippen LogP contribution in [0, 0.1) is 0 Å². The Kier molecular flexibility index (Phi) is 5.54. The molecule has 0 heterocycles. The first-order chi connectivity index (χ1) is 9.59. The van der Waals surface area contributed by atoms with Crippen molar-refractivity contribution < 1.29 is 13.2 Å². The monoisotopic (exact) mass is 317 g/mol. The summed E-state index contributed by atoms with van der Waals surface area (Å²) in [7, 11) is -3.31. The van der Waals surface area contributed by atoms with Crippen LogP contribution in [0.4, 0.5) is 5.69 Å². The first-order valence-corrected chi connectivity index (χ1v) is 9.11. The number of halogens is 1. The van der Waals surface area contributed by atoms with Crippen LogP contribution >= 0.6 is 11.6 Å². The fraction of sp³-hybridized carbons (Fsp3) is 0.571. The van der Waals surface area contributed by atoms with E-state index in [0.29, 0.717) is 24.1 Å². The Bertz CT molecular complexity index is 510. The van der Waals surface area contributed by atoms with Gasteiger partial charge in [-0.25, -0.2) is 8.42 Å². The minimum absolute atomic E-state index is 0.0385. The lowest BCUT2D eigenvalue weighted by Gasteiger charge is -2.13. The highest BCUT2D eigenvalue weighted by Crippen LogP contribution is 2.25. The highest BCUT2D eigenvalue weighted by molar-refractivity contribution is 7.92. The molecule has 4 nitrogen and oxygen atoms in total. The molecular weight excluding hydrogens is 298 g/mol. The van der Waals surface area contributed by atoms with E-state index >= 15 is 0 Å². The van der Waals surface area contributed by atoms with Crippen LogP contribution in [0.25, 0.3) is 0 Å². The van der Waals surface area contributed by atoms with E-state index in [9.17, 15) is 8.42 Å². The molecule has 0 saturated heterocycles. The van der Waals surface area contributed by atoms with Crippen LogP contribution < -0.4 is 9.46 Å². The van der Waals surface area contributed by atoms with Gasteiger partial charge in [-0.05, 0) is 56.4 Å². The summed E-state index contributed by atoms with van der Waals surface area (Å²) in [6.07, 6.45) is 5.41. The average Bonchev–Trinajstić information content (AvgIpc) is 2.91. The van der Waals surface area contributed by atoms with Gasteiger partial charge in [0, 0.05) is 11.6 Å². The zero-order valence-electron chi connectivity index (χ0n) is 11.3. The van der Waals surface area contributed by atoms with E-state index in [1.807, 2.05) is 0 Å². The summed E-state index contributed by atoms with van der Waals surface area (Å²) in [5, 5.41) is 0.